The van der Waals surface area contributed by atoms with E-state index < -0.39 is 52.4 Å². The predicted molar refractivity (Wildman–Crippen MR) is 268 cm³/mol. The smallest absolute Gasteiger partial charge is 0.338 e. The largest absolute Gasteiger partial charge is 0.478 e. The molecule has 0 heterocycles. The Morgan fingerprint density at radius 3 is 1.39 bits per heavy atom. The minimum Gasteiger partial charge on any atom is -0.478 e. The van der Waals surface area contributed by atoms with Gasteiger partial charge in [0.2, 0.25) is 0 Å². The first-order valence-electron chi connectivity index (χ1n) is 21.5. The van der Waals surface area contributed by atoms with Gasteiger partial charge in [0.15, 0.2) is 22.4 Å². The van der Waals surface area contributed by atoms with Gasteiger partial charge in [-0.25, -0.2) is 22.4 Å². The number of aldehydes is 1. The molecular formula is C50H68Br2F4O8Si2. The number of hydrogen-bond acceptors (Lipinski definition) is 7. The van der Waals surface area contributed by atoms with E-state index in [1.165, 1.54) is 55.0 Å². The van der Waals surface area contributed by atoms with Crippen molar-refractivity contribution in [3.63, 3.8) is 0 Å². The number of halogens is 6. The Balaban J connectivity index is 0.000000887. The predicted octanol–water partition coefficient (Wildman–Crippen LogP) is 15.5. The maximum atomic E-state index is 13.9. The molecule has 8 nitrogen and oxygen atoms in total. The number of esters is 1. The van der Waals surface area contributed by atoms with Gasteiger partial charge < -0.3 is 18.7 Å². The number of hydrogen-bond donors (Lipinski definition) is 1. The minimum atomic E-state index is -1.94. The number of carboxylic acids is 1. The van der Waals surface area contributed by atoms with Crippen molar-refractivity contribution in [3.8, 4) is 0 Å². The number of ether oxygens (including phenoxy) is 1. The third-order valence-electron chi connectivity index (χ3n) is 10.5. The van der Waals surface area contributed by atoms with E-state index in [9.17, 15) is 36.7 Å². The van der Waals surface area contributed by atoms with E-state index in [1.807, 2.05) is 6.92 Å². The summed E-state index contributed by atoms with van der Waals surface area (Å²) < 4.78 is 69.9. The van der Waals surface area contributed by atoms with Crippen molar-refractivity contribution in [1.82, 2.24) is 0 Å². The number of benzene rings is 4. The van der Waals surface area contributed by atoms with E-state index in [0.717, 1.165) is 12.0 Å². The Kier molecular flexibility index (Phi) is 27.5. The molecule has 0 saturated carbocycles. The highest BCUT2D eigenvalue weighted by Crippen LogP contribution is 2.38. The van der Waals surface area contributed by atoms with Crippen LogP contribution in [0.15, 0.2) is 81.7 Å². The van der Waals surface area contributed by atoms with Crippen molar-refractivity contribution < 1.29 is 55.4 Å². The zero-order valence-corrected chi connectivity index (χ0v) is 46.0. The Hall–Kier alpha value is -3.81. The van der Waals surface area contributed by atoms with Crippen LogP contribution in [0.4, 0.5) is 17.6 Å². The molecule has 4 rings (SSSR count). The molecule has 0 saturated heterocycles. The molecule has 4 aromatic rings. The van der Waals surface area contributed by atoms with Gasteiger partial charge in [-0.3, -0.25) is 14.4 Å². The molecule has 0 spiro atoms. The van der Waals surface area contributed by atoms with Gasteiger partial charge in [0, 0.05) is 5.56 Å². The van der Waals surface area contributed by atoms with Crippen molar-refractivity contribution in [1.29, 1.82) is 0 Å². The van der Waals surface area contributed by atoms with Gasteiger partial charge in [0.1, 0.15) is 36.0 Å². The first kappa shape index (κ1) is 62.2. The molecule has 66 heavy (non-hydrogen) atoms. The molecule has 0 fully saturated rings. The van der Waals surface area contributed by atoms with E-state index in [1.54, 1.807) is 31.2 Å². The molecule has 0 aliphatic heterocycles. The average Bonchev–Trinajstić information content (AvgIpc) is 3.22. The fraction of sp³-hybridized carbons (Fsp3) is 0.440. The van der Waals surface area contributed by atoms with Crippen LogP contribution in [0, 0.1) is 23.3 Å². The fourth-order valence-electron chi connectivity index (χ4n) is 4.45. The SMILES string of the molecule is CC(C)(C)[Si](C)(C)OCc1ccc(F)c(C(=O)O)c1.CCC.CCOC(=O)CC(=O)c1cc(CO[Si](C)(C)C(C)(C)C)ccc1F.CCc1ccc(F)c(Br)c1.O=Cc1ccc(F)c(Br)c1. The molecule has 0 unspecified atom stereocenters. The van der Waals surface area contributed by atoms with E-state index in [4.69, 9.17) is 18.7 Å². The lowest BCUT2D eigenvalue weighted by Gasteiger charge is -2.36. The molecule has 0 atom stereocenters. The molecular weight excluding hydrogens is 1020 g/mol. The summed E-state index contributed by atoms with van der Waals surface area (Å²) in [6, 6.07) is 17.5. The lowest BCUT2D eigenvalue weighted by molar-refractivity contribution is -0.141. The maximum absolute atomic E-state index is 13.9. The highest BCUT2D eigenvalue weighted by Gasteiger charge is 2.38. The molecule has 1 N–H and O–H groups in total. The zero-order chi connectivity index (χ0) is 51.2. The molecule has 0 bridgehead atoms. The summed E-state index contributed by atoms with van der Waals surface area (Å²) in [4.78, 5) is 44.5. The van der Waals surface area contributed by atoms with Crippen molar-refractivity contribution >= 4 is 72.5 Å². The quantitative estimate of drug-likeness (QED) is 0.0351. The fourth-order valence-corrected chi connectivity index (χ4v) is 7.19. The zero-order valence-electron chi connectivity index (χ0n) is 40.8. The van der Waals surface area contributed by atoms with Gasteiger partial charge in [0.05, 0.1) is 39.9 Å². The summed E-state index contributed by atoms with van der Waals surface area (Å²) in [7, 11) is -3.82. The van der Waals surface area contributed by atoms with Crippen molar-refractivity contribution in [2.45, 2.75) is 138 Å². The summed E-state index contributed by atoms with van der Waals surface area (Å²) in [6.45, 7) is 30.1. The molecule has 0 aromatic heterocycles. The van der Waals surface area contributed by atoms with Gasteiger partial charge in [-0.2, -0.15) is 0 Å². The summed E-state index contributed by atoms with van der Waals surface area (Å²) >= 11 is 6.06. The number of carbonyl (C=O) groups excluding carboxylic acids is 3. The summed E-state index contributed by atoms with van der Waals surface area (Å²) in [5.41, 5.74) is 2.61. The van der Waals surface area contributed by atoms with Gasteiger partial charge in [-0.15, -0.1) is 0 Å². The molecule has 0 amide bonds. The summed E-state index contributed by atoms with van der Waals surface area (Å²) in [5.74, 6) is -4.40. The Labute approximate surface area is 408 Å². The Morgan fingerprint density at radius 2 is 1.02 bits per heavy atom. The van der Waals surface area contributed by atoms with Crippen LogP contribution >= 0.6 is 31.9 Å². The Bertz CT molecular complexity index is 2190. The molecule has 4 aromatic carbocycles. The highest BCUT2D eigenvalue weighted by atomic mass is 79.9. The highest BCUT2D eigenvalue weighted by molar-refractivity contribution is 9.10. The van der Waals surface area contributed by atoms with Crippen LogP contribution in [-0.2, 0) is 38.0 Å². The second-order valence-corrected chi connectivity index (χ2v) is 29.4. The maximum Gasteiger partial charge on any atom is 0.338 e. The lowest BCUT2D eigenvalue weighted by Crippen LogP contribution is -2.40. The number of aromatic carboxylic acids is 1. The lowest BCUT2D eigenvalue weighted by atomic mass is 10.0. The molecule has 0 aliphatic rings. The normalized spacial score (nSPS) is 11.2. The molecule has 0 radical (unpaired) electrons. The van der Waals surface area contributed by atoms with Crippen molar-refractivity contribution in [3.05, 3.63) is 138 Å². The third-order valence-corrected chi connectivity index (χ3v) is 20.7. The van der Waals surface area contributed by atoms with Crippen LogP contribution in [0.25, 0.3) is 0 Å². The van der Waals surface area contributed by atoms with Gasteiger partial charge >= 0.3 is 11.9 Å². The molecule has 0 aliphatic carbocycles. The van der Waals surface area contributed by atoms with Gasteiger partial charge in [-0.1, -0.05) is 86.9 Å². The van der Waals surface area contributed by atoms with Gasteiger partial charge in [0.25, 0.3) is 0 Å². The number of carbonyl (C=O) groups is 4. The summed E-state index contributed by atoms with van der Waals surface area (Å²) in [6.07, 6.45) is 2.40. The standard InChI is InChI=1S/C18H27FO4Si.C14H21FO3Si.C8H8BrF.C7H4BrFO.C3H8/c1-7-22-17(21)11-16(20)14-10-13(8-9-15(14)19)12-23-24(5,6)18(2,3)4;1-14(2,3)19(4,5)18-9-10-6-7-12(15)11(8-10)13(16)17;1-2-6-3-4-8(10)7(9)5-6;8-6-3-5(4-10)1-2-7(6)9;1-3-2/h8-10H,7,11-12H2,1-6H3;6-8H,9H2,1-5H3,(H,16,17);3-5H,2H2,1H3;1-4H;3H2,1-2H3. The Morgan fingerprint density at radius 1 is 0.621 bits per heavy atom. The second-order valence-electron chi connectivity index (χ2n) is 18.0. The van der Waals surface area contributed by atoms with Crippen LogP contribution in [0.5, 0.6) is 0 Å². The van der Waals surface area contributed by atoms with Crippen LogP contribution in [-0.4, -0.2) is 52.4 Å². The first-order valence-corrected chi connectivity index (χ1v) is 28.9. The monoisotopic (exact) mass is 1090 g/mol. The van der Waals surface area contributed by atoms with E-state index in [2.05, 4.69) is 113 Å². The number of rotatable bonds is 13. The molecule has 366 valence electrons. The number of aryl methyl sites for hydroxylation is 1. The van der Waals surface area contributed by atoms with Crippen LogP contribution in [0.1, 0.15) is 130 Å². The second kappa shape index (κ2) is 29.2. The number of Topliss-reactive ketones (excluding diaryl/α,β-unsaturated/α-hetero) is 1. The third kappa shape index (κ3) is 22.3. The van der Waals surface area contributed by atoms with Crippen LogP contribution < -0.4 is 0 Å². The van der Waals surface area contributed by atoms with Crippen LogP contribution in [0.3, 0.4) is 0 Å². The van der Waals surface area contributed by atoms with Gasteiger partial charge in [-0.05, 0) is 153 Å². The van der Waals surface area contributed by atoms with E-state index in [-0.39, 0.29) is 39.4 Å². The molecule has 16 heteroatoms. The number of ketones is 1. The van der Waals surface area contributed by atoms with E-state index >= 15 is 0 Å². The minimum absolute atomic E-state index is 0.0651. The number of carboxylic acid groups (broad SMARTS) is 1. The average molecular weight is 1090 g/mol. The van der Waals surface area contributed by atoms with Crippen LogP contribution in [0.2, 0.25) is 36.3 Å². The van der Waals surface area contributed by atoms with E-state index in [0.29, 0.717) is 45.1 Å². The van der Waals surface area contributed by atoms with Crippen molar-refractivity contribution in [2.24, 2.45) is 0 Å². The topological polar surface area (TPSA) is 116 Å². The van der Waals surface area contributed by atoms with Crippen molar-refractivity contribution in [2.75, 3.05) is 6.61 Å². The first-order chi connectivity index (χ1) is 30.4. The summed E-state index contributed by atoms with van der Waals surface area (Å²) in [5, 5.41) is 9.03.